The number of rotatable bonds is 0. The third kappa shape index (κ3) is 1.46. The maximum Gasteiger partial charge on any atom is 0.0443 e. The molecular formula is C24H14. The average Bonchev–Trinajstić information content (AvgIpc) is 2.66. The zero-order chi connectivity index (χ0) is 16.3. The molecule has 0 aliphatic heterocycles. The van der Waals surface area contributed by atoms with Gasteiger partial charge in [-0.2, -0.15) is 0 Å². The molecule has 3 aliphatic carbocycles. The van der Waals surface area contributed by atoms with Gasteiger partial charge in [-0.1, -0.05) is 66.4 Å². The molecular weight excluding hydrogens is 288 g/mol. The Hall–Kier alpha value is -3.22. The summed E-state index contributed by atoms with van der Waals surface area (Å²) in [5.41, 5.74) is 9.75. The molecule has 24 heavy (non-hydrogen) atoms. The molecule has 0 fully saturated rings. The second kappa shape index (κ2) is 4.64. The third-order valence-electron chi connectivity index (χ3n) is 5.41. The van der Waals surface area contributed by atoms with Gasteiger partial charge in [-0.05, 0) is 39.4 Å². The second-order valence-corrected chi connectivity index (χ2v) is 6.40. The van der Waals surface area contributed by atoms with E-state index in [-0.39, 0.29) is 11.8 Å². The summed E-state index contributed by atoms with van der Waals surface area (Å²) >= 11 is 0. The molecule has 0 aromatic heterocycles. The Labute approximate surface area is 142 Å². The van der Waals surface area contributed by atoms with Gasteiger partial charge in [0.05, 0.1) is 0 Å². The van der Waals surface area contributed by atoms with Crippen molar-refractivity contribution in [2.24, 2.45) is 0 Å². The van der Waals surface area contributed by atoms with E-state index in [1.807, 2.05) is 6.07 Å². The predicted octanol–water partition coefficient (Wildman–Crippen LogP) is 4.64. The van der Waals surface area contributed by atoms with Crippen LogP contribution in [-0.4, -0.2) is 0 Å². The highest BCUT2D eigenvalue weighted by molar-refractivity contribution is 5.72. The summed E-state index contributed by atoms with van der Waals surface area (Å²) in [5.74, 6) is 6.06. The summed E-state index contributed by atoms with van der Waals surface area (Å²) < 4.78 is 0. The van der Waals surface area contributed by atoms with Crippen LogP contribution in [0.4, 0.5) is 0 Å². The molecule has 0 spiro atoms. The van der Waals surface area contributed by atoms with E-state index in [1.165, 1.54) is 33.4 Å². The zero-order valence-electron chi connectivity index (χ0n) is 13.1. The molecule has 0 atom stereocenters. The predicted molar refractivity (Wildman–Crippen MR) is 97.1 cm³/mol. The Balaban J connectivity index is 1.95. The number of benzene rings is 3. The molecule has 6 rings (SSSR count). The Morgan fingerprint density at radius 1 is 0.583 bits per heavy atom. The quantitative estimate of drug-likeness (QED) is 0.366. The van der Waals surface area contributed by atoms with Crippen LogP contribution in [0.3, 0.4) is 0 Å². The molecule has 0 heteroatoms. The highest BCUT2D eigenvalue weighted by Crippen LogP contribution is 2.56. The second-order valence-electron chi connectivity index (χ2n) is 6.40. The Bertz CT molecular complexity index is 1040. The van der Waals surface area contributed by atoms with Crippen LogP contribution < -0.4 is 0 Å². The lowest BCUT2D eigenvalue weighted by atomic mass is 9.60. The van der Waals surface area contributed by atoms with Gasteiger partial charge in [0.2, 0.25) is 0 Å². The lowest BCUT2D eigenvalue weighted by Gasteiger charge is -2.42. The van der Waals surface area contributed by atoms with Crippen molar-refractivity contribution in [1.29, 1.82) is 0 Å². The summed E-state index contributed by atoms with van der Waals surface area (Å²) in [5, 5.41) is 0. The van der Waals surface area contributed by atoms with Gasteiger partial charge < -0.3 is 0 Å². The summed E-state index contributed by atoms with van der Waals surface area (Å²) in [6, 6.07) is 21.6. The van der Waals surface area contributed by atoms with E-state index in [1.54, 1.807) is 0 Å². The van der Waals surface area contributed by atoms with Gasteiger partial charge in [-0.25, -0.2) is 0 Å². The molecule has 0 amide bonds. The van der Waals surface area contributed by atoms with Crippen LogP contribution in [0.2, 0.25) is 0 Å². The highest BCUT2D eigenvalue weighted by atomic mass is 14.4. The van der Waals surface area contributed by atoms with Crippen molar-refractivity contribution in [2.45, 2.75) is 11.8 Å². The maximum absolute atomic E-state index is 5.88. The Morgan fingerprint density at radius 3 is 1.62 bits per heavy atom. The number of hydrogen-bond donors (Lipinski definition) is 0. The zero-order valence-corrected chi connectivity index (χ0v) is 13.1. The molecule has 0 heterocycles. The van der Waals surface area contributed by atoms with Crippen LogP contribution in [-0.2, 0) is 0 Å². The van der Waals surface area contributed by atoms with Gasteiger partial charge in [-0.3, -0.25) is 0 Å². The Kier molecular flexibility index (Phi) is 2.56. The van der Waals surface area contributed by atoms with E-state index < -0.39 is 0 Å². The van der Waals surface area contributed by atoms with Crippen LogP contribution in [0.15, 0.2) is 60.7 Å². The number of terminal acetylenes is 2. The monoisotopic (exact) mass is 302 g/mol. The first-order valence-corrected chi connectivity index (χ1v) is 8.12. The topological polar surface area (TPSA) is 0 Å². The van der Waals surface area contributed by atoms with Gasteiger partial charge in [-0.15, -0.1) is 12.8 Å². The van der Waals surface area contributed by atoms with E-state index >= 15 is 0 Å². The third-order valence-corrected chi connectivity index (χ3v) is 5.41. The van der Waals surface area contributed by atoms with Crippen LogP contribution >= 0.6 is 0 Å². The fourth-order valence-electron chi connectivity index (χ4n) is 4.53. The lowest BCUT2D eigenvalue weighted by Crippen LogP contribution is -2.28. The molecule has 110 valence electrons. The minimum absolute atomic E-state index is 0.178. The van der Waals surface area contributed by atoms with Crippen LogP contribution in [0.25, 0.3) is 0 Å². The molecule has 0 radical (unpaired) electrons. The van der Waals surface area contributed by atoms with Crippen LogP contribution in [0.5, 0.6) is 0 Å². The summed E-state index contributed by atoms with van der Waals surface area (Å²) in [7, 11) is 0. The fraction of sp³-hybridized carbons (Fsp3) is 0.0833. The van der Waals surface area contributed by atoms with Gasteiger partial charge >= 0.3 is 0 Å². The van der Waals surface area contributed by atoms with E-state index in [2.05, 4.69) is 66.4 Å². The van der Waals surface area contributed by atoms with E-state index in [0.29, 0.717) is 0 Å². The SMILES string of the molecule is C#Cc1ccc2c(c1C#C)C1c3ccccc3C2c2ccccc21. The van der Waals surface area contributed by atoms with Gasteiger partial charge in [0.25, 0.3) is 0 Å². The summed E-state index contributed by atoms with van der Waals surface area (Å²) in [6.45, 7) is 0. The largest absolute Gasteiger partial charge is 0.115 e. The van der Waals surface area contributed by atoms with Crippen LogP contribution in [0, 0.1) is 24.7 Å². The summed E-state index contributed by atoms with van der Waals surface area (Å²) in [6.07, 6.45) is 11.6. The molecule has 3 aromatic carbocycles. The van der Waals surface area contributed by atoms with Crippen molar-refractivity contribution < 1.29 is 0 Å². The minimum atomic E-state index is 0.178. The van der Waals surface area contributed by atoms with Gasteiger partial charge in [0, 0.05) is 23.0 Å². The molecule has 0 N–H and O–H groups in total. The highest BCUT2D eigenvalue weighted by Gasteiger charge is 2.42. The van der Waals surface area contributed by atoms with E-state index in [9.17, 15) is 0 Å². The molecule has 2 bridgehead atoms. The van der Waals surface area contributed by atoms with Crippen molar-refractivity contribution in [3.63, 3.8) is 0 Å². The van der Waals surface area contributed by atoms with Crippen molar-refractivity contribution in [1.82, 2.24) is 0 Å². The standard InChI is InChI=1S/C24H14/c1-3-15-13-14-21-22-17-9-5-7-11-19(17)24(23(21)16(15)4-2)20-12-8-6-10-18(20)22/h1-2,5-14,22,24H. The minimum Gasteiger partial charge on any atom is -0.115 e. The Morgan fingerprint density at radius 2 is 1.12 bits per heavy atom. The van der Waals surface area contributed by atoms with Crippen molar-refractivity contribution in [2.75, 3.05) is 0 Å². The first-order valence-electron chi connectivity index (χ1n) is 8.12. The van der Waals surface area contributed by atoms with E-state index in [4.69, 9.17) is 12.8 Å². The normalized spacial score (nSPS) is 18.8. The molecule has 0 saturated heterocycles. The van der Waals surface area contributed by atoms with Gasteiger partial charge in [0.1, 0.15) is 0 Å². The number of hydrogen-bond acceptors (Lipinski definition) is 0. The van der Waals surface area contributed by atoms with Crippen molar-refractivity contribution in [3.05, 3.63) is 105 Å². The van der Waals surface area contributed by atoms with Gasteiger partial charge in [0.15, 0.2) is 0 Å². The fourth-order valence-corrected chi connectivity index (χ4v) is 4.53. The molecule has 3 aliphatic rings. The van der Waals surface area contributed by atoms with Crippen molar-refractivity contribution >= 4 is 0 Å². The lowest BCUT2D eigenvalue weighted by molar-refractivity contribution is 0.752. The molecule has 0 saturated carbocycles. The average molecular weight is 302 g/mol. The van der Waals surface area contributed by atoms with E-state index in [0.717, 1.165) is 11.1 Å². The maximum atomic E-state index is 5.88. The van der Waals surface area contributed by atoms with Crippen molar-refractivity contribution in [3.8, 4) is 24.7 Å². The first kappa shape index (κ1) is 13.2. The first-order chi connectivity index (χ1) is 11.8. The smallest absolute Gasteiger partial charge is 0.0443 e. The summed E-state index contributed by atoms with van der Waals surface area (Å²) in [4.78, 5) is 0. The molecule has 0 unspecified atom stereocenters. The van der Waals surface area contributed by atoms with Crippen LogP contribution in [0.1, 0.15) is 56.3 Å². The molecule has 3 aromatic rings. The molecule has 0 nitrogen and oxygen atoms in total.